The summed E-state index contributed by atoms with van der Waals surface area (Å²) < 4.78 is 1.79. The lowest BCUT2D eigenvalue weighted by molar-refractivity contribution is 0.257. The Kier molecular flexibility index (Phi) is 4.58. The summed E-state index contributed by atoms with van der Waals surface area (Å²) in [5.41, 5.74) is 5.15. The van der Waals surface area contributed by atoms with Crippen molar-refractivity contribution in [2.45, 2.75) is 26.3 Å². The summed E-state index contributed by atoms with van der Waals surface area (Å²) in [6, 6.07) is 6.33. The summed E-state index contributed by atoms with van der Waals surface area (Å²) in [6.07, 6.45) is 4.61. The van der Waals surface area contributed by atoms with Crippen LogP contribution in [0.1, 0.15) is 18.1 Å². The number of hydrogen-bond acceptors (Lipinski definition) is 5. The molecule has 2 aromatic heterocycles. The molecule has 0 spiro atoms. The number of nitrogens with one attached hydrogen (secondary N) is 2. The zero-order valence-electron chi connectivity index (χ0n) is 17.6. The number of rotatable bonds is 2. The molecule has 2 N–H and O–H groups in total. The maximum absolute atomic E-state index is 13.1. The highest BCUT2D eigenvalue weighted by atomic mass is 16.2. The lowest BCUT2D eigenvalue weighted by Crippen LogP contribution is -2.49. The molecule has 1 saturated heterocycles. The van der Waals surface area contributed by atoms with Crippen LogP contribution in [-0.2, 0) is 13.5 Å². The van der Waals surface area contributed by atoms with E-state index in [4.69, 9.17) is 0 Å². The standard InChI is InChI=1S/C22H27N7O/c1-14-10-17(11-16-13-27(3)26-20(14)16)25-22(30)29-8-5-18-19(4-6-24-21(18)29)28-9-7-23-15(2)12-28/h4,6,10-11,13,15,23H,5,7-9,12H2,1-3H3,(H,25,30)/t15-/m1/s1. The van der Waals surface area contributed by atoms with E-state index < -0.39 is 0 Å². The van der Waals surface area contributed by atoms with Crippen molar-refractivity contribution in [3.63, 3.8) is 0 Å². The molecule has 8 heteroatoms. The first-order chi connectivity index (χ1) is 14.5. The van der Waals surface area contributed by atoms with Crippen LogP contribution in [0.5, 0.6) is 0 Å². The van der Waals surface area contributed by atoms with Crippen LogP contribution in [0.2, 0.25) is 0 Å². The van der Waals surface area contributed by atoms with E-state index in [0.29, 0.717) is 12.6 Å². The molecule has 0 saturated carbocycles. The fourth-order valence-electron chi connectivity index (χ4n) is 4.61. The highest BCUT2D eigenvalue weighted by Crippen LogP contribution is 2.34. The molecule has 0 unspecified atom stereocenters. The number of fused-ring (bicyclic) bond motifs is 2. The lowest BCUT2D eigenvalue weighted by Gasteiger charge is -2.34. The Morgan fingerprint density at radius 2 is 2.17 bits per heavy atom. The number of amides is 2. The Hall–Kier alpha value is -3.13. The minimum absolute atomic E-state index is 0.144. The summed E-state index contributed by atoms with van der Waals surface area (Å²) in [5.74, 6) is 0.773. The highest BCUT2D eigenvalue weighted by Gasteiger charge is 2.30. The van der Waals surface area contributed by atoms with Crippen molar-refractivity contribution in [3.05, 3.63) is 41.7 Å². The minimum atomic E-state index is -0.144. The van der Waals surface area contributed by atoms with Gasteiger partial charge in [-0.25, -0.2) is 9.78 Å². The topological polar surface area (TPSA) is 78.3 Å². The van der Waals surface area contributed by atoms with Crippen molar-refractivity contribution < 1.29 is 4.79 Å². The van der Waals surface area contributed by atoms with Gasteiger partial charge in [-0.3, -0.25) is 9.58 Å². The molecule has 2 amide bonds. The van der Waals surface area contributed by atoms with E-state index in [2.05, 4.69) is 38.6 Å². The maximum atomic E-state index is 13.1. The Bertz CT molecular complexity index is 1120. The van der Waals surface area contributed by atoms with Crippen LogP contribution in [-0.4, -0.2) is 53.0 Å². The Morgan fingerprint density at radius 1 is 1.30 bits per heavy atom. The molecule has 1 atom stereocenters. The monoisotopic (exact) mass is 405 g/mol. The third-order valence-electron chi connectivity index (χ3n) is 5.97. The number of aryl methyl sites for hydroxylation is 2. The molecule has 2 aliphatic rings. The summed E-state index contributed by atoms with van der Waals surface area (Å²) in [4.78, 5) is 21.8. The second-order valence-electron chi connectivity index (χ2n) is 8.30. The van der Waals surface area contributed by atoms with Gasteiger partial charge in [-0.2, -0.15) is 5.10 Å². The zero-order chi connectivity index (χ0) is 20.8. The number of carbonyl (C=O) groups is 1. The van der Waals surface area contributed by atoms with Crippen LogP contribution in [0, 0.1) is 6.92 Å². The number of anilines is 3. The van der Waals surface area contributed by atoms with Crippen molar-refractivity contribution in [2.24, 2.45) is 7.05 Å². The van der Waals surface area contributed by atoms with E-state index in [0.717, 1.165) is 54.0 Å². The van der Waals surface area contributed by atoms with Crippen molar-refractivity contribution in [2.75, 3.05) is 41.3 Å². The largest absolute Gasteiger partial charge is 0.368 e. The van der Waals surface area contributed by atoms with Crippen molar-refractivity contribution >= 4 is 34.1 Å². The summed E-state index contributed by atoms with van der Waals surface area (Å²) >= 11 is 0. The molecule has 8 nitrogen and oxygen atoms in total. The Morgan fingerprint density at radius 3 is 3.00 bits per heavy atom. The van der Waals surface area contributed by atoms with E-state index in [9.17, 15) is 4.79 Å². The average Bonchev–Trinajstić information content (AvgIpc) is 3.31. The molecule has 4 heterocycles. The van der Waals surface area contributed by atoms with Crippen LogP contribution in [0.4, 0.5) is 22.0 Å². The van der Waals surface area contributed by atoms with Crippen LogP contribution in [0.15, 0.2) is 30.6 Å². The summed E-state index contributed by atoms with van der Waals surface area (Å²) in [7, 11) is 1.90. The minimum Gasteiger partial charge on any atom is -0.368 e. The van der Waals surface area contributed by atoms with Gasteiger partial charge in [-0.05, 0) is 44.0 Å². The Labute approximate surface area is 175 Å². The van der Waals surface area contributed by atoms with Gasteiger partial charge in [0, 0.05) is 74.0 Å². The predicted molar refractivity (Wildman–Crippen MR) is 119 cm³/mol. The summed E-state index contributed by atoms with van der Waals surface area (Å²) in [5, 5.41) is 12.0. The van der Waals surface area contributed by atoms with Crippen molar-refractivity contribution in [1.29, 1.82) is 0 Å². The molecule has 0 bridgehead atoms. The molecule has 30 heavy (non-hydrogen) atoms. The first kappa shape index (κ1) is 18.9. The number of pyridine rings is 1. The highest BCUT2D eigenvalue weighted by molar-refractivity contribution is 6.04. The first-order valence-corrected chi connectivity index (χ1v) is 10.5. The van der Waals surface area contributed by atoms with Crippen LogP contribution >= 0.6 is 0 Å². The van der Waals surface area contributed by atoms with Gasteiger partial charge in [0.2, 0.25) is 0 Å². The third kappa shape index (κ3) is 3.27. The van der Waals surface area contributed by atoms with Gasteiger partial charge in [0.1, 0.15) is 5.82 Å². The van der Waals surface area contributed by atoms with Gasteiger partial charge < -0.3 is 15.5 Å². The fraction of sp³-hybridized carbons (Fsp3) is 0.409. The van der Waals surface area contributed by atoms with E-state index in [1.165, 1.54) is 11.3 Å². The zero-order valence-corrected chi connectivity index (χ0v) is 17.6. The normalized spacial score (nSPS) is 18.7. The van der Waals surface area contributed by atoms with Gasteiger partial charge >= 0.3 is 6.03 Å². The number of urea groups is 1. The van der Waals surface area contributed by atoms with Crippen LogP contribution in [0.3, 0.4) is 0 Å². The molecule has 3 aromatic rings. The van der Waals surface area contributed by atoms with Gasteiger partial charge in [0.05, 0.1) is 5.52 Å². The van der Waals surface area contributed by atoms with Gasteiger partial charge in [-0.15, -0.1) is 0 Å². The second-order valence-corrected chi connectivity index (χ2v) is 8.30. The third-order valence-corrected chi connectivity index (χ3v) is 5.97. The molecule has 156 valence electrons. The fourth-order valence-corrected chi connectivity index (χ4v) is 4.61. The molecule has 2 aliphatic heterocycles. The second kappa shape index (κ2) is 7.28. The molecule has 0 aliphatic carbocycles. The molecular weight excluding hydrogens is 378 g/mol. The maximum Gasteiger partial charge on any atom is 0.327 e. The van der Waals surface area contributed by atoms with E-state index in [1.54, 1.807) is 9.58 Å². The van der Waals surface area contributed by atoms with E-state index >= 15 is 0 Å². The number of benzene rings is 1. The van der Waals surface area contributed by atoms with Crippen molar-refractivity contribution in [1.82, 2.24) is 20.1 Å². The first-order valence-electron chi connectivity index (χ1n) is 10.5. The van der Waals surface area contributed by atoms with Gasteiger partial charge in [-0.1, -0.05) is 0 Å². The van der Waals surface area contributed by atoms with E-state index in [-0.39, 0.29) is 6.03 Å². The molecule has 1 fully saturated rings. The number of nitrogens with zero attached hydrogens (tertiary/aromatic N) is 5. The Balaban J connectivity index is 1.39. The predicted octanol–water partition coefficient (Wildman–Crippen LogP) is 2.67. The van der Waals surface area contributed by atoms with Gasteiger partial charge in [0.25, 0.3) is 0 Å². The molecule has 0 radical (unpaired) electrons. The van der Waals surface area contributed by atoms with Gasteiger partial charge in [0.15, 0.2) is 0 Å². The molecule has 1 aromatic carbocycles. The van der Waals surface area contributed by atoms with E-state index in [1.807, 2.05) is 38.5 Å². The lowest BCUT2D eigenvalue weighted by atomic mass is 10.1. The number of hydrogen-bond donors (Lipinski definition) is 2. The molecular formula is C22H27N7O. The molecule has 5 rings (SSSR count). The van der Waals surface area contributed by atoms with Crippen molar-refractivity contribution in [3.8, 4) is 0 Å². The van der Waals surface area contributed by atoms with Crippen LogP contribution < -0.4 is 20.4 Å². The summed E-state index contributed by atoms with van der Waals surface area (Å²) in [6.45, 7) is 7.76. The quantitative estimate of drug-likeness (QED) is 0.685. The number of aromatic nitrogens is 3. The number of piperazine rings is 1. The van der Waals surface area contributed by atoms with Crippen LogP contribution in [0.25, 0.3) is 10.9 Å². The smallest absolute Gasteiger partial charge is 0.327 e. The number of carbonyl (C=O) groups excluding carboxylic acids is 1. The SMILES string of the molecule is Cc1cc(NC(=O)N2CCc3c(N4CCN[C@H](C)C4)ccnc32)cc2cn(C)nc12. The average molecular weight is 406 g/mol.